The van der Waals surface area contributed by atoms with Crippen LogP contribution >= 0.6 is 0 Å². The molecule has 0 bridgehead atoms. The van der Waals surface area contributed by atoms with Crippen molar-refractivity contribution in [2.24, 2.45) is 5.73 Å². The predicted octanol–water partition coefficient (Wildman–Crippen LogP) is -0.825. The first-order chi connectivity index (χ1) is 11.5. The molecular weight excluding hydrogens is 306 g/mol. The van der Waals surface area contributed by atoms with Crippen LogP contribution < -0.4 is 5.73 Å². The summed E-state index contributed by atoms with van der Waals surface area (Å²) < 4.78 is 0. The fraction of sp³-hybridized carbons (Fsp3) is 0.882. The van der Waals surface area contributed by atoms with Crippen molar-refractivity contribution in [1.29, 1.82) is 0 Å². The average Bonchev–Trinajstić information content (AvgIpc) is 3.04. The number of rotatable bonds is 4. The molecule has 3 saturated heterocycles. The molecule has 3 aliphatic rings. The Morgan fingerprint density at radius 3 is 2.25 bits per heavy atom. The van der Waals surface area contributed by atoms with Gasteiger partial charge in [0.25, 0.3) is 0 Å². The number of carbonyl (C=O) groups is 2. The van der Waals surface area contributed by atoms with Crippen LogP contribution in [0.25, 0.3) is 0 Å². The Morgan fingerprint density at radius 2 is 1.62 bits per heavy atom. The van der Waals surface area contributed by atoms with Crippen molar-refractivity contribution in [1.82, 2.24) is 19.6 Å². The first kappa shape index (κ1) is 17.6. The van der Waals surface area contributed by atoms with Gasteiger partial charge in [0.2, 0.25) is 11.8 Å². The molecule has 3 heterocycles. The van der Waals surface area contributed by atoms with E-state index in [0.29, 0.717) is 12.6 Å². The van der Waals surface area contributed by atoms with Gasteiger partial charge >= 0.3 is 0 Å². The maximum Gasteiger partial charge on any atom is 0.236 e. The third-order valence-electron chi connectivity index (χ3n) is 5.90. The number of likely N-dealkylation sites (tertiary alicyclic amines) is 2. The van der Waals surface area contributed by atoms with Crippen LogP contribution in [-0.4, -0.2) is 103 Å². The zero-order valence-electron chi connectivity index (χ0n) is 14.8. The number of carbonyl (C=O) groups excluding carboxylic acids is 2. The van der Waals surface area contributed by atoms with Gasteiger partial charge < -0.3 is 15.5 Å². The third kappa shape index (κ3) is 4.07. The summed E-state index contributed by atoms with van der Waals surface area (Å²) in [5.41, 5.74) is 5.44. The molecule has 7 heteroatoms. The summed E-state index contributed by atoms with van der Waals surface area (Å²) in [6, 6.07) is 0.422. The van der Waals surface area contributed by atoms with Crippen LogP contribution in [-0.2, 0) is 9.59 Å². The van der Waals surface area contributed by atoms with E-state index in [1.807, 2.05) is 9.80 Å². The van der Waals surface area contributed by atoms with Crippen LogP contribution in [0.5, 0.6) is 0 Å². The van der Waals surface area contributed by atoms with Gasteiger partial charge in [-0.25, -0.2) is 0 Å². The maximum atomic E-state index is 12.6. The van der Waals surface area contributed by atoms with Crippen LogP contribution in [0, 0.1) is 0 Å². The molecule has 2 N–H and O–H groups in total. The second-order valence-corrected chi connectivity index (χ2v) is 7.48. The monoisotopic (exact) mass is 337 g/mol. The molecule has 0 spiro atoms. The molecule has 1 atom stereocenters. The van der Waals surface area contributed by atoms with E-state index < -0.39 is 0 Å². The number of primary amides is 1. The van der Waals surface area contributed by atoms with Crippen molar-refractivity contribution < 1.29 is 9.59 Å². The van der Waals surface area contributed by atoms with Crippen molar-refractivity contribution in [3.8, 4) is 0 Å². The van der Waals surface area contributed by atoms with Gasteiger partial charge in [0.15, 0.2) is 0 Å². The van der Waals surface area contributed by atoms with E-state index in [2.05, 4.69) is 16.8 Å². The quantitative estimate of drug-likeness (QED) is 0.725. The van der Waals surface area contributed by atoms with Crippen molar-refractivity contribution in [2.75, 3.05) is 59.4 Å². The van der Waals surface area contributed by atoms with Gasteiger partial charge in [-0.15, -0.1) is 0 Å². The van der Waals surface area contributed by atoms with Gasteiger partial charge in [0, 0.05) is 32.2 Å². The molecule has 0 radical (unpaired) electrons. The summed E-state index contributed by atoms with van der Waals surface area (Å²) in [5, 5.41) is 0. The Bertz CT molecular complexity index is 456. The second kappa shape index (κ2) is 7.80. The summed E-state index contributed by atoms with van der Waals surface area (Å²) in [4.78, 5) is 32.9. The molecule has 0 aromatic heterocycles. The Balaban J connectivity index is 1.44. The maximum absolute atomic E-state index is 12.6. The minimum Gasteiger partial charge on any atom is -0.368 e. The molecule has 0 aliphatic carbocycles. The molecule has 3 rings (SSSR count). The van der Waals surface area contributed by atoms with E-state index in [1.165, 1.54) is 25.9 Å². The first-order valence-electron chi connectivity index (χ1n) is 9.28. The van der Waals surface area contributed by atoms with Gasteiger partial charge in [-0.3, -0.25) is 19.4 Å². The molecule has 24 heavy (non-hydrogen) atoms. The molecule has 2 amide bonds. The number of piperidine rings is 1. The van der Waals surface area contributed by atoms with Crippen molar-refractivity contribution in [2.45, 2.75) is 37.8 Å². The molecule has 0 saturated carbocycles. The van der Waals surface area contributed by atoms with Gasteiger partial charge in [-0.2, -0.15) is 0 Å². The average molecular weight is 337 g/mol. The molecule has 3 aliphatic heterocycles. The summed E-state index contributed by atoms with van der Waals surface area (Å²) in [5.74, 6) is -0.154. The standard InChI is InChI=1S/C17H31N5O2/c1-19-7-4-14(5-8-19)20-9-11-21(12-10-20)16(23)13-22-6-2-3-15(22)17(18)24/h14-15H,2-13H2,1H3,(H2,18,24)/t15-/m0/s1. The summed E-state index contributed by atoms with van der Waals surface area (Å²) in [7, 11) is 2.19. The smallest absolute Gasteiger partial charge is 0.236 e. The zero-order chi connectivity index (χ0) is 17.1. The molecule has 0 aromatic carbocycles. The Kier molecular flexibility index (Phi) is 5.73. The third-order valence-corrected chi connectivity index (χ3v) is 5.90. The zero-order valence-corrected chi connectivity index (χ0v) is 14.8. The van der Waals surface area contributed by atoms with E-state index >= 15 is 0 Å². The number of nitrogens with two attached hydrogens (primary N) is 1. The van der Waals surface area contributed by atoms with E-state index in [4.69, 9.17) is 5.73 Å². The van der Waals surface area contributed by atoms with Crippen LogP contribution in [0.1, 0.15) is 25.7 Å². The Labute approximate surface area is 144 Å². The van der Waals surface area contributed by atoms with Gasteiger partial charge in [0.05, 0.1) is 12.6 Å². The normalized spacial score (nSPS) is 28.4. The Hall–Kier alpha value is -1.18. The minimum atomic E-state index is -0.299. The van der Waals surface area contributed by atoms with Crippen molar-refractivity contribution in [3.05, 3.63) is 0 Å². The highest BCUT2D eigenvalue weighted by Crippen LogP contribution is 2.19. The number of hydrogen-bond acceptors (Lipinski definition) is 5. The largest absolute Gasteiger partial charge is 0.368 e. The van der Waals surface area contributed by atoms with Crippen LogP contribution in [0.15, 0.2) is 0 Å². The highest BCUT2D eigenvalue weighted by molar-refractivity contribution is 5.82. The predicted molar refractivity (Wildman–Crippen MR) is 92.5 cm³/mol. The molecule has 0 aromatic rings. The van der Waals surface area contributed by atoms with Gasteiger partial charge in [-0.05, 0) is 52.4 Å². The van der Waals surface area contributed by atoms with Crippen LogP contribution in [0.3, 0.4) is 0 Å². The number of nitrogens with zero attached hydrogens (tertiary/aromatic N) is 4. The summed E-state index contributed by atoms with van der Waals surface area (Å²) in [6.45, 7) is 7.04. The lowest BCUT2D eigenvalue weighted by Gasteiger charge is -2.42. The van der Waals surface area contributed by atoms with Crippen molar-refractivity contribution >= 4 is 11.8 Å². The SMILES string of the molecule is CN1CCC(N2CCN(C(=O)CN3CCC[C@H]3C(N)=O)CC2)CC1. The van der Waals surface area contributed by atoms with E-state index in [1.54, 1.807) is 0 Å². The molecule has 136 valence electrons. The Morgan fingerprint density at radius 1 is 0.958 bits per heavy atom. The van der Waals surface area contributed by atoms with Gasteiger partial charge in [0.1, 0.15) is 0 Å². The number of piperazine rings is 1. The molecule has 7 nitrogen and oxygen atoms in total. The molecule has 0 unspecified atom stereocenters. The molecular formula is C17H31N5O2. The van der Waals surface area contributed by atoms with Gasteiger partial charge in [-0.1, -0.05) is 0 Å². The van der Waals surface area contributed by atoms with Crippen LogP contribution in [0.2, 0.25) is 0 Å². The lowest BCUT2D eigenvalue weighted by Crippen LogP contribution is -2.55. The summed E-state index contributed by atoms with van der Waals surface area (Å²) in [6.07, 6.45) is 4.20. The van der Waals surface area contributed by atoms with Crippen LogP contribution in [0.4, 0.5) is 0 Å². The van der Waals surface area contributed by atoms with E-state index in [9.17, 15) is 9.59 Å². The minimum absolute atomic E-state index is 0.145. The first-order valence-corrected chi connectivity index (χ1v) is 9.28. The fourth-order valence-corrected chi connectivity index (χ4v) is 4.31. The topological polar surface area (TPSA) is 73.1 Å². The highest BCUT2D eigenvalue weighted by Gasteiger charge is 2.33. The lowest BCUT2D eigenvalue weighted by molar-refractivity contribution is -0.135. The fourth-order valence-electron chi connectivity index (χ4n) is 4.31. The number of amides is 2. The second-order valence-electron chi connectivity index (χ2n) is 7.48. The van der Waals surface area contributed by atoms with E-state index in [-0.39, 0.29) is 17.9 Å². The highest BCUT2D eigenvalue weighted by atomic mass is 16.2. The van der Waals surface area contributed by atoms with E-state index in [0.717, 1.165) is 45.6 Å². The lowest BCUT2D eigenvalue weighted by atomic mass is 10.0. The molecule has 3 fully saturated rings. The van der Waals surface area contributed by atoms with Crippen molar-refractivity contribution in [3.63, 3.8) is 0 Å². The summed E-state index contributed by atoms with van der Waals surface area (Å²) >= 11 is 0. The number of hydrogen-bond donors (Lipinski definition) is 1.